The fourth-order valence-corrected chi connectivity index (χ4v) is 0.739. The van der Waals surface area contributed by atoms with Gasteiger partial charge < -0.3 is 15.2 Å². The van der Waals surface area contributed by atoms with E-state index in [0.717, 1.165) is 6.42 Å². The Hall–Kier alpha value is -0.610. The molecule has 0 aliphatic heterocycles. The van der Waals surface area contributed by atoms with Crippen LogP contribution in [0.3, 0.4) is 0 Å². The Morgan fingerprint density at radius 3 is 2.21 bits per heavy atom. The number of ether oxygens (including phenoxy) is 2. The normalized spacial score (nSPS) is 16.1. The van der Waals surface area contributed by atoms with Crippen LogP contribution in [-0.2, 0) is 14.3 Å². The van der Waals surface area contributed by atoms with E-state index in [1.165, 1.54) is 7.11 Å². The zero-order valence-corrected chi connectivity index (χ0v) is 9.72. The minimum atomic E-state index is -1.07. The van der Waals surface area contributed by atoms with Crippen molar-refractivity contribution in [2.45, 2.75) is 45.3 Å². The third-order valence-electron chi connectivity index (χ3n) is 2.27. The van der Waals surface area contributed by atoms with Crippen LogP contribution in [0.5, 0.6) is 0 Å². The van der Waals surface area contributed by atoms with Gasteiger partial charge in [0.2, 0.25) is 0 Å². The van der Waals surface area contributed by atoms with E-state index in [0.29, 0.717) is 0 Å². The van der Waals surface area contributed by atoms with Gasteiger partial charge in [0.1, 0.15) is 5.54 Å². The third-order valence-corrected chi connectivity index (χ3v) is 2.27. The molecule has 0 saturated heterocycles. The average molecular weight is 203 g/mol. The summed E-state index contributed by atoms with van der Waals surface area (Å²) in [6.45, 7) is 7.71. The van der Waals surface area contributed by atoms with Gasteiger partial charge in [0.15, 0.2) is 0 Å². The average Bonchev–Trinajstić information content (AvgIpc) is 2.14. The van der Waals surface area contributed by atoms with Gasteiger partial charge in [0.25, 0.3) is 0 Å². The summed E-state index contributed by atoms with van der Waals surface area (Å²) < 4.78 is 10.1. The molecule has 0 heterocycles. The second-order valence-electron chi connectivity index (χ2n) is 4.31. The fraction of sp³-hybridized carbons (Fsp3) is 0.900. The monoisotopic (exact) mass is 203 g/mol. The van der Waals surface area contributed by atoms with E-state index in [1.54, 1.807) is 6.92 Å². The molecule has 0 aromatic heterocycles. The molecule has 0 aliphatic carbocycles. The molecule has 0 bridgehead atoms. The maximum Gasteiger partial charge on any atom is 0.327 e. The van der Waals surface area contributed by atoms with E-state index >= 15 is 0 Å². The molecule has 84 valence electrons. The number of esters is 1. The van der Waals surface area contributed by atoms with Crippen LogP contribution in [0.1, 0.15) is 34.1 Å². The molecule has 0 aromatic carbocycles. The summed E-state index contributed by atoms with van der Waals surface area (Å²) >= 11 is 0. The predicted molar refractivity (Wildman–Crippen MR) is 54.9 cm³/mol. The summed E-state index contributed by atoms with van der Waals surface area (Å²) in [7, 11) is 1.32. The molecular formula is C10H21NO3. The minimum absolute atomic E-state index is 0.167. The van der Waals surface area contributed by atoms with Gasteiger partial charge in [-0.3, -0.25) is 0 Å². The lowest BCUT2D eigenvalue weighted by Gasteiger charge is -2.29. The van der Waals surface area contributed by atoms with Crippen molar-refractivity contribution in [1.82, 2.24) is 0 Å². The summed E-state index contributed by atoms with van der Waals surface area (Å²) in [6.07, 6.45) is 0.865. The summed E-state index contributed by atoms with van der Waals surface area (Å²) in [5.74, 6) is -0.454. The molecule has 0 aliphatic rings. The number of hydrogen-bond donors (Lipinski definition) is 1. The van der Waals surface area contributed by atoms with Crippen molar-refractivity contribution in [2.75, 3.05) is 13.7 Å². The Morgan fingerprint density at radius 2 is 1.86 bits per heavy atom. The SMILES string of the molecule is CCC(C)(C)OCC(C)(N)C(=O)OC. The van der Waals surface area contributed by atoms with Gasteiger partial charge in [-0.15, -0.1) is 0 Å². The van der Waals surface area contributed by atoms with E-state index < -0.39 is 11.5 Å². The lowest BCUT2D eigenvalue weighted by Crippen LogP contribution is -2.51. The Morgan fingerprint density at radius 1 is 1.36 bits per heavy atom. The van der Waals surface area contributed by atoms with Gasteiger partial charge in [0, 0.05) is 0 Å². The Labute approximate surface area is 85.8 Å². The van der Waals surface area contributed by atoms with Crippen molar-refractivity contribution in [1.29, 1.82) is 0 Å². The lowest BCUT2D eigenvalue weighted by molar-refractivity contribution is -0.151. The molecule has 0 fully saturated rings. The van der Waals surface area contributed by atoms with Crippen LogP contribution in [0.15, 0.2) is 0 Å². The van der Waals surface area contributed by atoms with Gasteiger partial charge in [-0.05, 0) is 27.2 Å². The summed E-state index contributed by atoms with van der Waals surface area (Å²) in [5.41, 5.74) is 4.41. The molecule has 0 rings (SSSR count). The first-order valence-electron chi connectivity index (χ1n) is 4.76. The standard InChI is InChI=1S/C10H21NO3/c1-6-9(2,3)14-7-10(4,11)8(12)13-5/h6-7,11H2,1-5H3. The smallest absolute Gasteiger partial charge is 0.327 e. The van der Waals surface area contributed by atoms with E-state index in [2.05, 4.69) is 4.74 Å². The first-order chi connectivity index (χ1) is 6.25. The molecule has 1 atom stereocenters. The number of methoxy groups -OCH3 is 1. The number of carbonyl (C=O) groups is 1. The van der Waals surface area contributed by atoms with Crippen LogP contribution in [0.25, 0.3) is 0 Å². The number of carbonyl (C=O) groups excluding carboxylic acids is 1. The molecule has 1 unspecified atom stereocenters. The predicted octanol–water partition coefficient (Wildman–Crippen LogP) is 1.08. The highest BCUT2D eigenvalue weighted by Crippen LogP contribution is 2.16. The Bertz CT molecular complexity index is 200. The van der Waals surface area contributed by atoms with Crippen LogP contribution in [0.2, 0.25) is 0 Å². The molecule has 14 heavy (non-hydrogen) atoms. The highest BCUT2D eigenvalue weighted by Gasteiger charge is 2.32. The first-order valence-corrected chi connectivity index (χ1v) is 4.76. The fourth-order valence-electron chi connectivity index (χ4n) is 0.739. The van der Waals surface area contributed by atoms with Crippen LogP contribution >= 0.6 is 0 Å². The van der Waals surface area contributed by atoms with Crippen molar-refractivity contribution in [3.05, 3.63) is 0 Å². The molecule has 2 N–H and O–H groups in total. The van der Waals surface area contributed by atoms with Gasteiger partial charge in [-0.25, -0.2) is 4.79 Å². The second kappa shape index (κ2) is 4.75. The first kappa shape index (κ1) is 13.4. The maximum absolute atomic E-state index is 11.2. The van der Waals surface area contributed by atoms with Crippen LogP contribution in [0.4, 0.5) is 0 Å². The van der Waals surface area contributed by atoms with Crippen molar-refractivity contribution < 1.29 is 14.3 Å². The van der Waals surface area contributed by atoms with Gasteiger partial charge in [-0.2, -0.15) is 0 Å². The summed E-state index contributed by atoms with van der Waals surface area (Å²) in [6, 6.07) is 0. The quantitative estimate of drug-likeness (QED) is 0.679. The van der Waals surface area contributed by atoms with E-state index in [4.69, 9.17) is 10.5 Å². The third kappa shape index (κ3) is 4.07. The van der Waals surface area contributed by atoms with Gasteiger partial charge in [0.05, 0.1) is 19.3 Å². The highest BCUT2D eigenvalue weighted by atomic mass is 16.5. The summed E-state index contributed by atoms with van der Waals surface area (Å²) in [5, 5.41) is 0. The van der Waals surface area contributed by atoms with E-state index in [-0.39, 0.29) is 12.2 Å². The zero-order chi connectivity index (χ0) is 11.4. The minimum Gasteiger partial charge on any atom is -0.468 e. The van der Waals surface area contributed by atoms with Gasteiger partial charge >= 0.3 is 5.97 Å². The summed E-state index contributed by atoms with van der Waals surface area (Å²) in [4.78, 5) is 11.2. The van der Waals surface area contributed by atoms with Crippen LogP contribution in [0, 0.1) is 0 Å². The largest absolute Gasteiger partial charge is 0.468 e. The zero-order valence-electron chi connectivity index (χ0n) is 9.72. The molecule has 0 radical (unpaired) electrons. The maximum atomic E-state index is 11.2. The molecule has 0 amide bonds. The second-order valence-corrected chi connectivity index (χ2v) is 4.31. The topological polar surface area (TPSA) is 61.5 Å². The molecule has 0 spiro atoms. The molecular weight excluding hydrogens is 182 g/mol. The Kier molecular flexibility index (Phi) is 4.55. The lowest BCUT2D eigenvalue weighted by atomic mass is 10.0. The Balaban J connectivity index is 4.18. The van der Waals surface area contributed by atoms with Crippen molar-refractivity contribution in [2.24, 2.45) is 5.73 Å². The molecule has 0 saturated carbocycles. The van der Waals surface area contributed by atoms with Crippen molar-refractivity contribution in [3.63, 3.8) is 0 Å². The van der Waals surface area contributed by atoms with Crippen LogP contribution in [-0.4, -0.2) is 30.8 Å². The number of rotatable bonds is 5. The number of hydrogen-bond acceptors (Lipinski definition) is 4. The molecule has 4 nitrogen and oxygen atoms in total. The molecule has 4 heteroatoms. The van der Waals surface area contributed by atoms with E-state index in [1.807, 2.05) is 20.8 Å². The molecule has 0 aromatic rings. The van der Waals surface area contributed by atoms with Crippen molar-refractivity contribution >= 4 is 5.97 Å². The van der Waals surface area contributed by atoms with Crippen LogP contribution < -0.4 is 5.73 Å². The highest BCUT2D eigenvalue weighted by molar-refractivity contribution is 5.80. The van der Waals surface area contributed by atoms with Crippen molar-refractivity contribution in [3.8, 4) is 0 Å². The number of nitrogens with two attached hydrogens (primary N) is 1. The van der Waals surface area contributed by atoms with Gasteiger partial charge in [-0.1, -0.05) is 6.92 Å². The van der Waals surface area contributed by atoms with E-state index in [9.17, 15) is 4.79 Å².